The van der Waals surface area contributed by atoms with Crippen LogP contribution in [0, 0.1) is 0 Å². The Morgan fingerprint density at radius 3 is 2.50 bits per heavy atom. The molecular formula is C10H16N4O4. The number of nitrogens with one attached hydrogen (secondary N) is 1. The molecule has 0 saturated heterocycles. The van der Waals surface area contributed by atoms with Crippen LogP contribution in [0.4, 0.5) is 11.5 Å². The monoisotopic (exact) mass is 256 g/mol. The minimum Gasteiger partial charge on any atom is -0.392 e. The van der Waals surface area contributed by atoms with Crippen molar-refractivity contribution in [2.45, 2.75) is 26.5 Å². The van der Waals surface area contributed by atoms with Crippen molar-refractivity contribution in [1.82, 2.24) is 9.13 Å². The van der Waals surface area contributed by atoms with Crippen LogP contribution in [0.25, 0.3) is 0 Å². The van der Waals surface area contributed by atoms with Gasteiger partial charge in [-0.2, -0.15) is 0 Å². The third-order valence-electron chi connectivity index (χ3n) is 2.33. The topological polar surface area (TPSA) is 119 Å². The maximum atomic E-state index is 11.8. The molecule has 0 aliphatic carbocycles. The van der Waals surface area contributed by atoms with E-state index in [-0.39, 0.29) is 18.1 Å². The lowest BCUT2D eigenvalue weighted by molar-refractivity contribution is -0.114. The van der Waals surface area contributed by atoms with E-state index >= 15 is 0 Å². The largest absolute Gasteiger partial charge is 0.392 e. The minimum atomic E-state index is -0.812. The smallest absolute Gasteiger partial charge is 0.332 e. The second-order valence-corrected chi connectivity index (χ2v) is 4.05. The van der Waals surface area contributed by atoms with Gasteiger partial charge in [-0.05, 0) is 6.92 Å². The van der Waals surface area contributed by atoms with E-state index in [9.17, 15) is 19.5 Å². The van der Waals surface area contributed by atoms with E-state index in [1.165, 1.54) is 20.9 Å². The molecule has 0 fully saturated rings. The average molecular weight is 256 g/mol. The highest BCUT2D eigenvalue weighted by Gasteiger charge is 2.16. The maximum Gasteiger partial charge on any atom is 0.332 e. The van der Waals surface area contributed by atoms with E-state index in [1.807, 2.05) is 0 Å². The van der Waals surface area contributed by atoms with Crippen molar-refractivity contribution in [2.75, 3.05) is 11.1 Å². The van der Waals surface area contributed by atoms with Crippen molar-refractivity contribution in [3.63, 3.8) is 0 Å². The van der Waals surface area contributed by atoms with Gasteiger partial charge in [-0.1, -0.05) is 0 Å². The molecule has 0 radical (unpaired) electrons. The van der Waals surface area contributed by atoms with Crippen LogP contribution in [0.5, 0.6) is 0 Å². The van der Waals surface area contributed by atoms with Crippen LogP contribution in [0.2, 0.25) is 0 Å². The molecule has 100 valence electrons. The van der Waals surface area contributed by atoms with E-state index < -0.39 is 23.3 Å². The highest BCUT2D eigenvalue weighted by Crippen LogP contribution is 2.10. The van der Waals surface area contributed by atoms with Crippen LogP contribution in [0.3, 0.4) is 0 Å². The number of carbonyl (C=O) groups excluding carboxylic acids is 1. The lowest BCUT2D eigenvalue weighted by Gasteiger charge is -2.16. The Morgan fingerprint density at radius 2 is 2.06 bits per heavy atom. The van der Waals surface area contributed by atoms with Crippen LogP contribution in [-0.2, 0) is 18.4 Å². The standard InChI is InChI=1S/C10H16N4O4/c1-5(15)4-14-8(11)7(12-6(2)16)9(17)13(3)10(14)18/h5,15H,4,11H2,1-3H3,(H,12,16)/t5-/m1/s1. The quantitative estimate of drug-likeness (QED) is 0.606. The molecule has 8 nitrogen and oxygen atoms in total. The Hall–Kier alpha value is -2.09. The van der Waals surface area contributed by atoms with Crippen LogP contribution in [0.15, 0.2) is 9.59 Å². The number of aliphatic hydroxyl groups is 1. The number of hydrogen-bond donors (Lipinski definition) is 3. The summed E-state index contributed by atoms with van der Waals surface area (Å²) >= 11 is 0. The van der Waals surface area contributed by atoms with Crippen molar-refractivity contribution in [1.29, 1.82) is 0 Å². The lowest BCUT2D eigenvalue weighted by Crippen LogP contribution is -2.42. The SMILES string of the molecule is CC(=O)Nc1c(N)n(C[C@@H](C)O)c(=O)n(C)c1=O. The van der Waals surface area contributed by atoms with E-state index in [2.05, 4.69) is 5.32 Å². The molecule has 1 amide bonds. The molecule has 0 bridgehead atoms. The summed E-state index contributed by atoms with van der Waals surface area (Å²) in [5.74, 6) is -0.639. The zero-order valence-electron chi connectivity index (χ0n) is 10.4. The number of nitrogen functional groups attached to an aromatic ring is 1. The molecule has 4 N–H and O–H groups in total. The summed E-state index contributed by atoms with van der Waals surface area (Å²) in [6, 6.07) is 0. The first kappa shape index (κ1) is 14.0. The fourth-order valence-corrected chi connectivity index (χ4v) is 1.52. The van der Waals surface area contributed by atoms with Gasteiger partial charge in [0.25, 0.3) is 5.56 Å². The molecule has 1 rings (SSSR count). The number of carbonyl (C=O) groups is 1. The second-order valence-electron chi connectivity index (χ2n) is 4.05. The average Bonchev–Trinajstić information content (AvgIpc) is 2.27. The first-order valence-electron chi connectivity index (χ1n) is 5.30. The van der Waals surface area contributed by atoms with Gasteiger partial charge in [-0.15, -0.1) is 0 Å². The normalized spacial score (nSPS) is 12.2. The molecule has 0 unspecified atom stereocenters. The van der Waals surface area contributed by atoms with Gasteiger partial charge in [0.05, 0.1) is 12.6 Å². The molecule has 0 saturated carbocycles. The number of nitrogens with two attached hydrogens (primary N) is 1. The third-order valence-corrected chi connectivity index (χ3v) is 2.33. The Morgan fingerprint density at radius 1 is 1.50 bits per heavy atom. The molecular weight excluding hydrogens is 240 g/mol. The van der Waals surface area contributed by atoms with Gasteiger partial charge in [0.2, 0.25) is 5.91 Å². The molecule has 1 aromatic rings. The maximum absolute atomic E-state index is 11.8. The van der Waals surface area contributed by atoms with Gasteiger partial charge in [0, 0.05) is 14.0 Å². The fraction of sp³-hybridized carbons (Fsp3) is 0.500. The summed E-state index contributed by atoms with van der Waals surface area (Å²) in [4.78, 5) is 34.6. The first-order valence-corrected chi connectivity index (χ1v) is 5.30. The number of anilines is 2. The Labute approximate surface area is 103 Å². The first-order chi connectivity index (χ1) is 8.25. The number of amides is 1. The van der Waals surface area contributed by atoms with Crippen LogP contribution in [-0.4, -0.2) is 26.3 Å². The molecule has 0 aromatic carbocycles. The zero-order chi connectivity index (χ0) is 14.0. The number of nitrogens with zero attached hydrogens (tertiary/aromatic N) is 2. The summed E-state index contributed by atoms with van der Waals surface area (Å²) in [5.41, 5.74) is 4.18. The Balaban J connectivity index is 3.54. The summed E-state index contributed by atoms with van der Waals surface area (Å²) in [6.45, 7) is 2.64. The van der Waals surface area contributed by atoms with E-state index in [0.717, 1.165) is 9.13 Å². The van der Waals surface area contributed by atoms with Crippen molar-refractivity contribution in [3.05, 3.63) is 20.8 Å². The molecule has 8 heteroatoms. The minimum absolute atomic E-state index is 0.0641. The molecule has 1 heterocycles. The lowest BCUT2D eigenvalue weighted by atomic mass is 10.3. The fourth-order valence-electron chi connectivity index (χ4n) is 1.52. The van der Waals surface area contributed by atoms with Crippen LogP contribution in [0.1, 0.15) is 13.8 Å². The van der Waals surface area contributed by atoms with Gasteiger partial charge in [-0.25, -0.2) is 4.79 Å². The highest BCUT2D eigenvalue weighted by atomic mass is 16.3. The van der Waals surface area contributed by atoms with Gasteiger partial charge in [0.15, 0.2) is 0 Å². The van der Waals surface area contributed by atoms with Crippen molar-refractivity contribution >= 4 is 17.4 Å². The number of rotatable bonds is 3. The number of hydrogen-bond acceptors (Lipinski definition) is 5. The van der Waals surface area contributed by atoms with E-state index in [1.54, 1.807) is 0 Å². The van der Waals surface area contributed by atoms with Gasteiger partial charge in [-0.3, -0.25) is 18.7 Å². The molecule has 0 spiro atoms. The third kappa shape index (κ3) is 2.59. The Bertz CT molecular complexity index is 585. The van der Waals surface area contributed by atoms with Gasteiger partial charge < -0.3 is 16.2 Å². The summed E-state index contributed by atoms with van der Waals surface area (Å²) in [5, 5.41) is 11.6. The van der Waals surface area contributed by atoms with Crippen LogP contribution >= 0.6 is 0 Å². The molecule has 0 aliphatic rings. The van der Waals surface area contributed by atoms with Crippen molar-refractivity contribution < 1.29 is 9.90 Å². The van der Waals surface area contributed by atoms with E-state index in [0.29, 0.717) is 0 Å². The number of aromatic nitrogens is 2. The van der Waals surface area contributed by atoms with E-state index in [4.69, 9.17) is 5.73 Å². The molecule has 0 aliphatic heterocycles. The van der Waals surface area contributed by atoms with Gasteiger partial charge in [0.1, 0.15) is 11.5 Å². The number of aliphatic hydroxyl groups excluding tert-OH is 1. The van der Waals surface area contributed by atoms with Crippen molar-refractivity contribution in [3.8, 4) is 0 Å². The summed E-state index contributed by atoms with van der Waals surface area (Å²) < 4.78 is 1.86. The zero-order valence-corrected chi connectivity index (χ0v) is 10.4. The predicted molar refractivity (Wildman–Crippen MR) is 66.3 cm³/mol. The summed E-state index contributed by atoms with van der Waals surface area (Å²) in [7, 11) is 1.27. The Kier molecular flexibility index (Phi) is 3.92. The second kappa shape index (κ2) is 5.05. The van der Waals surface area contributed by atoms with Crippen molar-refractivity contribution in [2.24, 2.45) is 7.05 Å². The predicted octanol–water partition coefficient (Wildman–Crippen LogP) is -1.53. The van der Waals surface area contributed by atoms with Crippen LogP contribution < -0.4 is 22.3 Å². The molecule has 1 aromatic heterocycles. The van der Waals surface area contributed by atoms with Gasteiger partial charge >= 0.3 is 5.69 Å². The highest BCUT2D eigenvalue weighted by molar-refractivity contribution is 5.91. The molecule has 18 heavy (non-hydrogen) atoms. The molecule has 1 atom stereocenters. The summed E-state index contributed by atoms with van der Waals surface area (Å²) in [6.07, 6.45) is -0.812.